The van der Waals surface area contributed by atoms with Crippen molar-refractivity contribution in [2.75, 3.05) is 6.54 Å². The van der Waals surface area contributed by atoms with Gasteiger partial charge >= 0.3 is 0 Å². The SMILES string of the molecule is C/C=C/C(C)/C=C/CN. The summed E-state index contributed by atoms with van der Waals surface area (Å²) < 4.78 is 0. The minimum Gasteiger partial charge on any atom is -0.327 e. The molecule has 0 heterocycles. The molecule has 0 aliphatic rings. The number of allylic oxidation sites excluding steroid dienone is 3. The number of rotatable bonds is 3. The van der Waals surface area contributed by atoms with Gasteiger partial charge in [0.15, 0.2) is 0 Å². The van der Waals surface area contributed by atoms with Gasteiger partial charge in [-0.2, -0.15) is 0 Å². The van der Waals surface area contributed by atoms with E-state index in [0.717, 1.165) is 0 Å². The summed E-state index contributed by atoms with van der Waals surface area (Å²) in [5.74, 6) is 0.526. The molecule has 0 fully saturated rings. The highest BCUT2D eigenvalue weighted by Gasteiger charge is 1.84. The van der Waals surface area contributed by atoms with Gasteiger partial charge in [0.25, 0.3) is 0 Å². The summed E-state index contributed by atoms with van der Waals surface area (Å²) in [5, 5.41) is 0. The van der Waals surface area contributed by atoms with Gasteiger partial charge in [-0.3, -0.25) is 0 Å². The topological polar surface area (TPSA) is 26.0 Å². The van der Waals surface area contributed by atoms with Crippen LogP contribution in [0.4, 0.5) is 0 Å². The zero-order chi connectivity index (χ0) is 7.11. The third-order valence-corrected chi connectivity index (χ3v) is 1.07. The fourth-order valence-corrected chi connectivity index (χ4v) is 0.661. The largest absolute Gasteiger partial charge is 0.327 e. The van der Waals surface area contributed by atoms with E-state index in [-0.39, 0.29) is 0 Å². The zero-order valence-corrected chi connectivity index (χ0v) is 6.17. The number of nitrogens with two attached hydrogens (primary N) is 1. The van der Waals surface area contributed by atoms with Crippen LogP contribution in [-0.2, 0) is 0 Å². The van der Waals surface area contributed by atoms with E-state index in [1.54, 1.807) is 0 Å². The Balaban J connectivity index is 3.48. The lowest BCUT2D eigenvalue weighted by Gasteiger charge is -1.93. The molecule has 9 heavy (non-hydrogen) atoms. The Morgan fingerprint density at radius 2 is 2.11 bits per heavy atom. The van der Waals surface area contributed by atoms with E-state index in [1.165, 1.54) is 0 Å². The first-order valence-electron chi connectivity index (χ1n) is 3.30. The Bertz CT molecular complexity index is 103. The highest BCUT2D eigenvalue weighted by molar-refractivity contribution is 4.97. The Hall–Kier alpha value is -0.560. The van der Waals surface area contributed by atoms with Gasteiger partial charge in [-0.15, -0.1) is 0 Å². The minimum atomic E-state index is 0.526. The Kier molecular flexibility index (Phi) is 5.23. The van der Waals surface area contributed by atoms with Gasteiger partial charge in [-0.05, 0) is 12.8 Å². The molecule has 1 nitrogen and oxygen atoms in total. The van der Waals surface area contributed by atoms with E-state index in [1.807, 2.05) is 19.1 Å². The van der Waals surface area contributed by atoms with Crippen LogP contribution >= 0.6 is 0 Å². The van der Waals surface area contributed by atoms with Crippen LogP contribution in [0.25, 0.3) is 0 Å². The lowest BCUT2D eigenvalue weighted by Crippen LogP contribution is -1.93. The minimum absolute atomic E-state index is 0.526. The Morgan fingerprint density at radius 1 is 1.44 bits per heavy atom. The summed E-state index contributed by atoms with van der Waals surface area (Å²) in [6.07, 6.45) is 8.25. The highest BCUT2D eigenvalue weighted by atomic mass is 14.5. The van der Waals surface area contributed by atoms with Crippen LogP contribution in [0.2, 0.25) is 0 Å². The average molecular weight is 125 g/mol. The summed E-state index contributed by atoms with van der Waals surface area (Å²) in [6.45, 7) is 4.79. The molecule has 0 radical (unpaired) electrons. The molecular formula is C8H15N. The van der Waals surface area contributed by atoms with Gasteiger partial charge < -0.3 is 5.73 Å². The van der Waals surface area contributed by atoms with Gasteiger partial charge in [-0.25, -0.2) is 0 Å². The molecule has 0 aromatic rings. The van der Waals surface area contributed by atoms with E-state index in [4.69, 9.17) is 5.73 Å². The van der Waals surface area contributed by atoms with Crippen LogP contribution in [0.3, 0.4) is 0 Å². The standard InChI is InChI=1S/C8H15N/c1-3-5-8(2)6-4-7-9/h3-6,8H,7,9H2,1-2H3/b5-3+,6-4+. The van der Waals surface area contributed by atoms with E-state index in [0.29, 0.717) is 12.5 Å². The lowest BCUT2D eigenvalue weighted by atomic mass is 10.1. The van der Waals surface area contributed by atoms with E-state index in [2.05, 4.69) is 19.1 Å². The average Bonchev–Trinajstić information content (AvgIpc) is 1.85. The molecular weight excluding hydrogens is 110 g/mol. The summed E-state index contributed by atoms with van der Waals surface area (Å²) in [5.41, 5.74) is 5.26. The van der Waals surface area contributed by atoms with Crippen LogP contribution in [0, 0.1) is 5.92 Å². The summed E-state index contributed by atoms with van der Waals surface area (Å²) in [7, 11) is 0. The third kappa shape index (κ3) is 5.31. The molecule has 0 spiro atoms. The smallest absolute Gasteiger partial charge is 0.0107 e. The maximum atomic E-state index is 5.26. The van der Waals surface area contributed by atoms with Crippen molar-refractivity contribution in [3.05, 3.63) is 24.3 Å². The van der Waals surface area contributed by atoms with Crippen LogP contribution < -0.4 is 5.73 Å². The molecule has 1 atom stereocenters. The molecule has 0 aromatic heterocycles. The fraction of sp³-hybridized carbons (Fsp3) is 0.500. The third-order valence-electron chi connectivity index (χ3n) is 1.07. The molecule has 0 saturated heterocycles. The quantitative estimate of drug-likeness (QED) is 0.571. The molecule has 1 heteroatoms. The van der Waals surface area contributed by atoms with Crippen LogP contribution in [-0.4, -0.2) is 6.54 Å². The lowest BCUT2D eigenvalue weighted by molar-refractivity contribution is 0.930. The van der Waals surface area contributed by atoms with E-state index in [9.17, 15) is 0 Å². The van der Waals surface area contributed by atoms with Crippen molar-refractivity contribution >= 4 is 0 Å². The predicted octanol–water partition coefficient (Wildman–Crippen LogP) is 1.71. The van der Waals surface area contributed by atoms with Crippen molar-refractivity contribution in [3.8, 4) is 0 Å². The molecule has 0 amide bonds. The van der Waals surface area contributed by atoms with Gasteiger partial charge in [0.2, 0.25) is 0 Å². The van der Waals surface area contributed by atoms with Gasteiger partial charge in [0.05, 0.1) is 0 Å². The second kappa shape index (κ2) is 5.57. The highest BCUT2D eigenvalue weighted by Crippen LogP contribution is 1.97. The van der Waals surface area contributed by atoms with Crippen LogP contribution in [0.5, 0.6) is 0 Å². The maximum absolute atomic E-state index is 5.26. The first-order valence-corrected chi connectivity index (χ1v) is 3.30. The molecule has 0 bridgehead atoms. The van der Waals surface area contributed by atoms with Crippen molar-refractivity contribution in [1.29, 1.82) is 0 Å². The molecule has 0 aromatic carbocycles. The normalized spacial score (nSPS) is 15.4. The number of hydrogen-bond acceptors (Lipinski definition) is 1. The van der Waals surface area contributed by atoms with Crippen molar-refractivity contribution in [2.24, 2.45) is 11.7 Å². The number of hydrogen-bond donors (Lipinski definition) is 1. The first-order chi connectivity index (χ1) is 4.31. The molecule has 0 saturated carbocycles. The van der Waals surface area contributed by atoms with E-state index >= 15 is 0 Å². The Labute approximate surface area is 57.3 Å². The second-order valence-electron chi connectivity index (χ2n) is 2.05. The van der Waals surface area contributed by atoms with Crippen LogP contribution in [0.1, 0.15) is 13.8 Å². The molecule has 1 unspecified atom stereocenters. The van der Waals surface area contributed by atoms with Gasteiger partial charge in [0.1, 0.15) is 0 Å². The predicted molar refractivity (Wildman–Crippen MR) is 42.2 cm³/mol. The maximum Gasteiger partial charge on any atom is 0.0107 e. The monoisotopic (exact) mass is 125 g/mol. The molecule has 2 N–H and O–H groups in total. The zero-order valence-electron chi connectivity index (χ0n) is 6.17. The van der Waals surface area contributed by atoms with E-state index < -0.39 is 0 Å². The Morgan fingerprint density at radius 3 is 2.56 bits per heavy atom. The second-order valence-corrected chi connectivity index (χ2v) is 2.05. The summed E-state index contributed by atoms with van der Waals surface area (Å²) in [4.78, 5) is 0. The van der Waals surface area contributed by atoms with Crippen molar-refractivity contribution < 1.29 is 0 Å². The molecule has 0 aliphatic heterocycles. The molecule has 0 rings (SSSR count). The molecule has 52 valence electrons. The van der Waals surface area contributed by atoms with Gasteiger partial charge in [0, 0.05) is 6.54 Å². The summed E-state index contributed by atoms with van der Waals surface area (Å²) in [6, 6.07) is 0. The van der Waals surface area contributed by atoms with Crippen molar-refractivity contribution in [3.63, 3.8) is 0 Å². The van der Waals surface area contributed by atoms with Crippen molar-refractivity contribution in [1.82, 2.24) is 0 Å². The first kappa shape index (κ1) is 8.44. The van der Waals surface area contributed by atoms with Crippen LogP contribution in [0.15, 0.2) is 24.3 Å². The fourth-order valence-electron chi connectivity index (χ4n) is 0.661. The molecule has 0 aliphatic carbocycles. The van der Waals surface area contributed by atoms with Gasteiger partial charge in [-0.1, -0.05) is 31.2 Å². The van der Waals surface area contributed by atoms with Crippen molar-refractivity contribution in [2.45, 2.75) is 13.8 Å². The summed E-state index contributed by atoms with van der Waals surface area (Å²) >= 11 is 0.